The fourth-order valence-corrected chi connectivity index (χ4v) is 1.33. The zero-order valence-corrected chi connectivity index (χ0v) is 9.49. The second-order valence-corrected chi connectivity index (χ2v) is 2.88. The minimum absolute atomic E-state index is 0. The summed E-state index contributed by atoms with van der Waals surface area (Å²) in [5.74, 6) is -1.94. The number of hydrogen-bond donors (Lipinski definition) is 3. The van der Waals surface area contributed by atoms with Gasteiger partial charge >= 0.3 is 41.5 Å². The van der Waals surface area contributed by atoms with E-state index in [1.54, 1.807) is 0 Å². The monoisotopic (exact) mass is 197 g/mol. The summed E-state index contributed by atoms with van der Waals surface area (Å²) in [4.78, 5) is 20.9. The van der Waals surface area contributed by atoms with E-state index in [1.165, 1.54) is 0 Å². The maximum Gasteiger partial charge on any atom is 1.00 e. The molecular weight excluding hydrogens is 185 g/mol. The standard InChI is InChI=1S/C7H11NO4.Na.H/c9-6(10)4-2-1-3-5(8-4)7(11)12;;/h4-5,8H,1-3H2,(H,9,10)(H,11,12);;/q;+1;-1. The Kier molecular flexibility index (Phi) is 5.55. The van der Waals surface area contributed by atoms with Crippen molar-refractivity contribution in [1.82, 2.24) is 5.32 Å². The van der Waals surface area contributed by atoms with E-state index in [-0.39, 0.29) is 31.0 Å². The zero-order chi connectivity index (χ0) is 9.14. The van der Waals surface area contributed by atoms with Crippen molar-refractivity contribution < 1.29 is 50.8 Å². The van der Waals surface area contributed by atoms with Crippen LogP contribution in [-0.4, -0.2) is 34.2 Å². The summed E-state index contributed by atoms with van der Waals surface area (Å²) in [6.45, 7) is 0. The molecule has 13 heavy (non-hydrogen) atoms. The van der Waals surface area contributed by atoms with E-state index in [2.05, 4.69) is 5.32 Å². The van der Waals surface area contributed by atoms with E-state index in [0.29, 0.717) is 19.3 Å². The molecule has 0 radical (unpaired) electrons. The predicted molar refractivity (Wildman–Crippen MR) is 40.9 cm³/mol. The van der Waals surface area contributed by atoms with E-state index in [1.807, 2.05) is 0 Å². The molecule has 0 saturated carbocycles. The largest absolute Gasteiger partial charge is 1.00 e. The first-order valence-corrected chi connectivity index (χ1v) is 3.83. The molecule has 1 heterocycles. The number of carbonyl (C=O) groups is 2. The second kappa shape index (κ2) is 5.59. The summed E-state index contributed by atoms with van der Waals surface area (Å²) < 4.78 is 0. The summed E-state index contributed by atoms with van der Waals surface area (Å²) in [6.07, 6.45) is 1.68. The number of hydrogen-bond acceptors (Lipinski definition) is 3. The molecule has 3 N–H and O–H groups in total. The summed E-state index contributed by atoms with van der Waals surface area (Å²) in [5.41, 5.74) is 0. The Bertz CT molecular complexity index is 194. The van der Waals surface area contributed by atoms with Crippen LogP contribution in [-0.2, 0) is 9.59 Å². The van der Waals surface area contributed by atoms with E-state index in [4.69, 9.17) is 10.2 Å². The Balaban J connectivity index is 0. The Morgan fingerprint density at radius 2 is 1.54 bits per heavy atom. The molecule has 1 rings (SSSR count). The third-order valence-electron chi connectivity index (χ3n) is 1.98. The first-order valence-electron chi connectivity index (χ1n) is 3.83. The van der Waals surface area contributed by atoms with Gasteiger partial charge in [0.1, 0.15) is 12.1 Å². The van der Waals surface area contributed by atoms with Crippen LogP contribution in [0.25, 0.3) is 0 Å². The quantitative estimate of drug-likeness (QED) is 0.405. The van der Waals surface area contributed by atoms with Crippen LogP contribution < -0.4 is 34.9 Å². The molecule has 0 bridgehead atoms. The van der Waals surface area contributed by atoms with Crippen LogP contribution in [0.3, 0.4) is 0 Å². The van der Waals surface area contributed by atoms with Crippen LogP contribution in [0.2, 0.25) is 0 Å². The maximum atomic E-state index is 10.5. The molecule has 1 fully saturated rings. The molecular formula is C7H12NNaO4. The van der Waals surface area contributed by atoms with Crippen molar-refractivity contribution in [1.29, 1.82) is 0 Å². The van der Waals surface area contributed by atoms with E-state index >= 15 is 0 Å². The Hall–Kier alpha value is -0.100. The first-order chi connectivity index (χ1) is 5.61. The topological polar surface area (TPSA) is 86.6 Å². The fourth-order valence-electron chi connectivity index (χ4n) is 1.33. The van der Waals surface area contributed by atoms with Crippen molar-refractivity contribution in [2.75, 3.05) is 0 Å². The minimum Gasteiger partial charge on any atom is -1.00 e. The van der Waals surface area contributed by atoms with Crippen molar-refractivity contribution in [3.8, 4) is 0 Å². The van der Waals surface area contributed by atoms with Gasteiger partial charge in [0.05, 0.1) is 0 Å². The summed E-state index contributed by atoms with van der Waals surface area (Å²) in [5, 5.41) is 19.7. The second-order valence-electron chi connectivity index (χ2n) is 2.88. The number of nitrogens with one attached hydrogen (secondary N) is 1. The van der Waals surface area contributed by atoms with Crippen LogP contribution in [0.1, 0.15) is 20.7 Å². The Labute approximate surface area is 99.3 Å². The summed E-state index contributed by atoms with van der Waals surface area (Å²) >= 11 is 0. The number of carboxylic acid groups (broad SMARTS) is 2. The van der Waals surface area contributed by atoms with E-state index in [9.17, 15) is 9.59 Å². The Morgan fingerprint density at radius 1 is 1.15 bits per heavy atom. The third kappa shape index (κ3) is 3.64. The van der Waals surface area contributed by atoms with Crippen LogP contribution in [0.15, 0.2) is 0 Å². The number of rotatable bonds is 2. The smallest absolute Gasteiger partial charge is 1.00 e. The molecule has 70 valence electrons. The summed E-state index contributed by atoms with van der Waals surface area (Å²) in [6, 6.07) is -1.39. The van der Waals surface area contributed by atoms with Crippen molar-refractivity contribution in [3.05, 3.63) is 0 Å². The van der Waals surface area contributed by atoms with Gasteiger partial charge in [-0.2, -0.15) is 0 Å². The van der Waals surface area contributed by atoms with Gasteiger partial charge in [-0.15, -0.1) is 0 Å². The minimum atomic E-state index is -0.971. The van der Waals surface area contributed by atoms with Gasteiger partial charge in [-0.1, -0.05) is 0 Å². The molecule has 0 aromatic heterocycles. The van der Waals surface area contributed by atoms with Crippen LogP contribution in [0.5, 0.6) is 0 Å². The molecule has 1 aliphatic heterocycles. The normalized spacial score (nSPS) is 27.4. The molecule has 1 saturated heterocycles. The van der Waals surface area contributed by atoms with Gasteiger partial charge in [0.15, 0.2) is 0 Å². The van der Waals surface area contributed by atoms with Gasteiger partial charge in [0.25, 0.3) is 0 Å². The fraction of sp³-hybridized carbons (Fsp3) is 0.714. The molecule has 2 unspecified atom stereocenters. The third-order valence-corrected chi connectivity index (χ3v) is 1.98. The molecule has 0 amide bonds. The number of aliphatic carboxylic acids is 2. The molecule has 1 aliphatic rings. The van der Waals surface area contributed by atoms with Gasteiger partial charge in [-0.3, -0.25) is 14.9 Å². The number of piperidine rings is 1. The van der Waals surface area contributed by atoms with E-state index in [0.717, 1.165) is 0 Å². The maximum absolute atomic E-state index is 10.5. The molecule has 5 nitrogen and oxygen atoms in total. The number of carboxylic acids is 2. The van der Waals surface area contributed by atoms with Crippen LogP contribution in [0, 0.1) is 0 Å². The molecule has 2 atom stereocenters. The molecule has 0 aromatic carbocycles. The van der Waals surface area contributed by atoms with Gasteiger partial charge in [0, 0.05) is 0 Å². The van der Waals surface area contributed by atoms with Crippen LogP contribution >= 0.6 is 0 Å². The van der Waals surface area contributed by atoms with Gasteiger partial charge in [-0.05, 0) is 19.3 Å². The van der Waals surface area contributed by atoms with Gasteiger partial charge < -0.3 is 11.6 Å². The molecule has 0 aromatic rings. The first kappa shape index (κ1) is 12.9. The van der Waals surface area contributed by atoms with E-state index < -0.39 is 24.0 Å². The van der Waals surface area contributed by atoms with Crippen molar-refractivity contribution in [3.63, 3.8) is 0 Å². The predicted octanol–water partition coefficient (Wildman–Crippen LogP) is -3.22. The molecule has 0 aliphatic carbocycles. The van der Waals surface area contributed by atoms with Crippen LogP contribution in [0.4, 0.5) is 0 Å². The zero-order valence-electron chi connectivity index (χ0n) is 8.49. The molecule has 6 heteroatoms. The van der Waals surface area contributed by atoms with Crippen molar-refractivity contribution >= 4 is 11.9 Å². The van der Waals surface area contributed by atoms with Gasteiger partial charge in [-0.25, -0.2) is 0 Å². The van der Waals surface area contributed by atoms with Crippen molar-refractivity contribution in [2.45, 2.75) is 31.3 Å². The average molecular weight is 197 g/mol. The Morgan fingerprint density at radius 3 is 1.85 bits per heavy atom. The molecule has 0 spiro atoms. The van der Waals surface area contributed by atoms with Crippen molar-refractivity contribution in [2.24, 2.45) is 0 Å². The average Bonchev–Trinajstić information content (AvgIpc) is 2.04. The summed E-state index contributed by atoms with van der Waals surface area (Å²) in [7, 11) is 0. The SMILES string of the molecule is O=C(O)C1CCCC(C(=O)O)N1.[H-].[Na+]. The van der Waals surface area contributed by atoms with Gasteiger partial charge in [0.2, 0.25) is 0 Å².